The van der Waals surface area contributed by atoms with Crippen LogP contribution < -0.4 is 11.1 Å². The van der Waals surface area contributed by atoms with Gasteiger partial charge in [0.25, 0.3) is 0 Å². The first-order chi connectivity index (χ1) is 12.9. The van der Waals surface area contributed by atoms with Gasteiger partial charge >= 0.3 is 6.09 Å². The average Bonchev–Trinajstić information content (AvgIpc) is 2.59. The second-order valence-electron chi connectivity index (χ2n) is 8.59. The fourth-order valence-electron chi connectivity index (χ4n) is 3.01. The van der Waals surface area contributed by atoms with E-state index in [9.17, 15) is 4.79 Å². The number of nitrogens with one attached hydrogen (secondary N) is 1. The first-order valence-electron chi connectivity index (χ1n) is 11.2. The van der Waals surface area contributed by atoms with Crippen LogP contribution in [0.1, 0.15) is 111 Å². The summed E-state index contributed by atoms with van der Waals surface area (Å²) >= 11 is 0. The van der Waals surface area contributed by atoms with Crippen molar-refractivity contribution < 1.29 is 9.53 Å². The first-order valence-corrected chi connectivity index (χ1v) is 11.2. The molecule has 0 spiro atoms. The minimum atomic E-state index is -0.484. The molecule has 0 aromatic rings. The van der Waals surface area contributed by atoms with Crippen LogP contribution in [0.15, 0.2) is 12.2 Å². The van der Waals surface area contributed by atoms with E-state index in [2.05, 4.69) is 18.3 Å². The fourth-order valence-corrected chi connectivity index (χ4v) is 3.01. The highest BCUT2D eigenvalue weighted by atomic mass is 16.6. The summed E-state index contributed by atoms with van der Waals surface area (Å²) in [6.45, 7) is 8.22. The molecule has 0 radical (unpaired) electrons. The smallest absolute Gasteiger partial charge is 0.408 e. The van der Waals surface area contributed by atoms with Gasteiger partial charge in [-0.2, -0.15) is 0 Å². The van der Waals surface area contributed by atoms with Crippen LogP contribution in [0.2, 0.25) is 0 Å². The van der Waals surface area contributed by atoms with Gasteiger partial charge in [0.2, 0.25) is 0 Å². The van der Waals surface area contributed by atoms with Gasteiger partial charge < -0.3 is 15.8 Å². The number of amides is 1. The van der Waals surface area contributed by atoms with Crippen molar-refractivity contribution in [3.05, 3.63) is 12.2 Å². The number of hydrogen-bond acceptors (Lipinski definition) is 3. The molecule has 4 heteroatoms. The third-order valence-electron chi connectivity index (χ3n) is 4.55. The fraction of sp³-hybridized carbons (Fsp3) is 0.870. The van der Waals surface area contributed by atoms with E-state index in [4.69, 9.17) is 10.5 Å². The molecule has 160 valence electrons. The van der Waals surface area contributed by atoms with Crippen molar-refractivity contribution in [2.75, 3.05) is 6.54 Å². The standard InChI is InChI=1S/C23H46N2O2/c1-5-6-7-8-9-10-11-12-13-14-15-16-17-18-19-21(20-24)25-22(26)27-23(2,3)4/h18-19,21H,5-17,20,24H2,1-4H3,(H,25,26)/b19-18+/t21-/m1/s1. The highest BCUT2D eigenvalue weighted by molar-refractivity contribution is 5.68. The van der Waals surface area contributed by atoms with Gasteiger partial charge in [-0.05, 0) is 33.6 Å². The molecular weight excluding hydrogens is 336 g/mol. The van der Waals surface area contributed by atoms with Crippen LogP contribution in [0.3, 0.4) is 0 Å². The first kappa shape index (κ1) is 26.0. The Balaban J connectivity index is 3.55. The van der Waals surface area contributed by atoms with Gasteiger partial charge in [-0.15, -0.1) is 0 Å². The number of unbranched alkanes of at least 4 members (excludes halogenated alkanes) is 12. The second-order valence-corrected chi connectivity index (χ2v) is 8.59. The molecule has 0 aliphatic heterocycles. The lowest BCUT2D eigenvalue weighted by Gasteiger charge is -2.21. The Morgan fingerprint density at radius 1 is 0.926 bits per heavy atom. The van der Waals surface area contributed by atoms with Gasteiger partial charge in [-0.25, -0.2) is 4.79 Å². The van der Waals surface area contributed by atoms with Crippen molar-refractivity contribution in [1.29, 1.82) is 0 Å². The lowest BCUT2D eigenvalue weighted by molar-refractivity contribution is 0.0516. The Morgan fingerprint density at radius 2 is 1.41 bits per heavy atom. The topological polar surface area (TPSA) is 64.3 Å². The number of carbonyl (C=O) groups excluding carboxylic acids is 1. The SMILES string of the molecule is CCCCCCCCCCCCCC/C=C/[C@H](CN)NC(=O)OC(C)(C)C. The summed E-state index contributed by atoms with van der Waals surface area (Å²) in [7, 11) is 0. The van der Waals surface area contributed by atoms with Crippen molar-refractivity contribution in [1.82, 2.24) is 5.32 Å². The van der Waals surface area contributed by atoms with E-state index in [1.54, 1.807) is 0 Å². The van der Waals surface area contributed by atoms with Gasteiger partial charge in [0.15, 0.2) is 0 Å². The summed E-state index contributed by atoms with van der Waals surface area (Å²) in [6, 6.07) is -0.155. The summed E-state index contributed by atoms with van der Waals surface area (Å²) in [5, 5.41) is 2.80. The van der Waals surface area contributed by atoms with E-state index in [0.29, 0.717) is 6.54 Å². The molecule has 0 aromatic heterocycles. The van der Waals surface area contributed by atoms with E-state index in [-0.39, 0.29) is 6.04 Å². The third kappa shape index (κ3) is 19.5. The number of allylic oxidation sites excluding steroid dienone is 1. The van der Waals surface area contributed by atoms with E-state index in [0.717, 1.165) is 6.42 Å². The number of hydrogen-bond donors (Lipinski definition) is 2. The lowest BCUT2D eigenvalue weighted by atomic mass is 10.0. The molecule has 0 aliphatic carbocycles. The Morgan fingerprint density at radius 3 is 1.85 bits per heavy atom. The van der Waals surface area contributed by atoms with Gasteiger partial charge in [0, 0.05) is 6.54 Å². The minimum Gasteiger partial charge on any atom is -0.444 e. The molecule has 4 nitrogen and oxygen atoms in total. The number of nitrogens with two attached hydrogens (primary N) is 1. The van der Waals surface area contributed by atoms with Gasteiger partial charge in [0.05, 0.1) is 6.04 Å². The molecule has 0 unspecified atom stereocenters. The van der Waals surface area contributed by atoms with Crippen LogP contribution in [0.5, 0.6) is 0 Å². The molecule has 1 atom stereocenters. The maximum absolute atomic E-state index is 11.8. The summed E-state index contributed by atoms with van der Waals surface area (Å²) < 4.78 is 5.25. The molecule has 1 amide bonds. The molecular formula is C23H46N2O2. The van der Waals surface area contributed by atoms with Crippen molar-refractivity contribution in [2.24, 2.45) is 5.73 Å². The van der Waals surface area contributed by atoms with Gasteiger partial charge in [-0.1, -0.05) is 89.7 Å². The van der Waals surface area contributed by atoms with Crippen LogP contribution in [0.25, 0.3) is 0 Å². The van der Waals surface area contributed by atoms with Crippen LogP contribution in [0, 0.1) is 0 Å². The molecule has 0 rings (SSSR count). The van der Waals surface area contributed by atoms with Crippen LogP contribution in [0.4, 0.5) is 4.79 Å². The van der Waals surface area contributed by atoms with Crippen LogP contribution in [-0.2, 0) is 4.74 Å². The van der Waals surface area contributed by atoms with Gasteiger partial charge in [-0.3, -0.25) is 0 Å². The van der Waals surface area contributed by atoms with Crippen LogP contribution >= 0.6 is 0 Å². The van der Waals surface area contributed by atoms with E-state index >= 15 is 0 Å². The van der Waals surface area contributed by atoms with Gasteiger partial charge in [0.1, 0.15) is 5.60 Å². The molecule has 27 heavy (non-hydrogen) atoms. The highest BCUT2D eigenvalue weighted by Gasteiger charge is 2.17. The lowest BCUT2D eigenvalue weighted by Crippen LogP contribution is -2.41. The predicted octanol–water partition coefficient (Wildman–Crippen LogP) is 6.49. The van der Waals surface area contributed by atoms with Crippen molar-refractivity contribution in [2.45, 2.75) is 123 Å². The second kappa shape index (κ2) is 17.1. The summed E-state index contributed by atoms with van der Waals surface area (Å²) in [4.78, 5) is 11.8. The minimum absolute atomic E-state index is 0.155. The zero-order valence-corrected chi connectivity index (χ0v) is 18.5. The van der Waals surface area contributed by atoms with E-state index < -0.39 is 11.7 Å². The normalized spacial score (nSPS) is 13.1. The summed E-state index contributed by atoms with van der Waals surface area (Å²) in [6.07, 6.45) is 21.1. The monoisotopic (exact) mass is 382 g/mol. The molecule has 3 N–H and O–H groups in total. The van der Waals surface area contributed by atoms with E-state index in [1.807, 2.05) is 26.8 Å². The molecule has 0 saturated heterocycles. The molecule has 0 aromatic carbocycles. The maximum Gasteiger partial charge on any atom is 0.408 e. The number of ether oxygens (including phenoxy) is 1. The Kier molecular flexibility index (Phi) is 16.4. The Bertz CT molecular complexity index is 375. The average molecular weight is 383 g/mol. The number of rotatable bonds is 16. The van der Waals surface area contributed by atoms with Crippen molar-refractivity contribution in [3.63, 3.8) is 0 Å². The zero-order valence-electron chi connectivity index (χ0n) is 18.5. The largest absolute Gasteiger partial charge is 0.444 e. The molecule has 0 bridgehead atoms. The Hall–Kier alpha value is -1.03. The number of carbonyl (C=O) groups is 1. The van der Waals surface area contributed by atoms with Crippen molar-refractivity contribution in [3.8, 4) is 0 Å². The number of alkyl carbamates (subject to hydrolysis) is 1. The maximum atomic E-state index is 11.8. The summed E-state index contributed by atoms with van der Waals surface area (Å²) in [5.74, 6) is 0. The predicted molar refractivity (Wildman–Crippen MR) is 117 cm³/mol. The third-order valence-corrected chi connectivity index (χ3v) is 4.55. The molecule has 0 aliphatic rings. The summed E-state index contributed by atoms with van der Waals surface area (Å²) in [5.41, 5.74) is 5.23. The van der Waals surface area contributed by atoms with E-state index in [1.165, 1.54) is 77.0 Å². The molecule has 0 fully saturated rings. The molecule has 0 saturated carbocycles. The molecule has 0 heterocycles. The van der Waals surface area contributed by atoms with Crippen LogP contribution in [-0.4, -0.2) is 24.3 Å². The Labute approximate surface area is 168 Å². The zero-order chi connectivity index (χ0) is 20.4. The highest BCUT2D eigenvalue weighted by Crippen LogP contribution is 2.12. The quantitative estimate of drug-likeness (QED) is 0.237. The van der Waals surface area contributed by atoms with Crippen molar-refractivity contribution >= 4 is 6.09 Å².